The normalized spacial score (nSPS) is 11.4. The second-order valence-electron chi connectivity index (χ2n) is 6.39. The molecule has 3 N–H and O–H groups in total. The van der Waals surface area contributed by atoms with Crippen molar-refractivity contribution in [3.63, 3.8) is 0 Å². The smallest absolute Gasteiger partial charge is 0.273 e. The molecule has 2 aromatic heterocycles. The fourth-order valence-corrected chi connectivity index (χ4v) is 4.66. The van der Waals surface area contributed by atoms with Crippen molar-refractivity contribution >= 4 is 48.9 Å². The number of nitrogens with zero attached hydrogens (tertiary/aromatic N) is 2. The Hall–Kier alpha value is -3.77. The molecular formula is C19H15N5O5S2. The number of sulfonamides is 1. The SMILES string of the molecule is O=C(Cn1[nH]c(=O)c2ccccc2c1=O)Nc1ccc(S(=O)(=O)Nc2nccs2)cc1. The summed E-state index contributed by atoms with van der Waals surface area (Å²) < 4.78 is 28.0. The number of aromatic amines is 1. The zero-order valence-corrected chi connectivity index (χ0v) is 17.4. The molecular weight excluding hydrogens is 442 g/mol. The first kappa shape index (κ1) is 20.5. The number of aromatic nitrogens is 3. The number of benzene rings is 2. The topological polar surface area (TPSA) is 143 Å². The highest BCUT2D eigenvalue weighted by Crippen LogP contribution is 2.19. The molecule has 0 bridgehead atoms. The van der Waals surface area contributed by atoms with Gasteiger partial charge in [-0.2, -0.15) is 0 Å². The summed E-state index contributed by atoms with van der Waals surface area (Å²) in [5.74, 6) is -0.565. The maximum absolute atomic E-state index is 12.5. The number of hydrogen-bond acceptors (Lipinski definition) is 7. The number of nitrogens with one attached hydrogen (secondary N) is 3. The average Bonchev–Trinajstić information content (AvgIpc) is 3.24. The molecule has 10 nitrogen and oxygen atoms in total. The Bertz CT molecular complexity index is 1470. The molecule has 0 saturated heterocycles. The van der Waals surface area contributed by atoms with Crippen LogP contribution in [-0.2, 0) is 21.4 Å². The average molecular weight is 457 g/mol. The molecule has 0 unspecified atom stereocenters. The Morgan fingerprint density at radius 1 is 1.06 bits per heavy atom. The summed E-state index contributed by atoms with van der Waals surface area (Å²) in [7, 11) is -3.81. The van der Waals surface area contributed by atoms with Gasteiger partial charge in [-0.3, -0.25) is 24.2 Å². The Morgan fingerprint density at radius 2 is 1.77 bits per heavy atom. The van der Waals surface area contributed by atoms with E-state index in [0.717, 1.165) is 16.0 Å². The van der Waals surface area contributed by atoms with Crippen molar-refractivity contribution in [1.82, 2.24) is 14.8 Å². The van der Waals surface area contributed by atoms with Crippen LogP contribution in [-0.4, -0.2) is 29.1 Å². The molecule has 1 amide bonds. The van der Waals surface area contributed by atoms with Gasteiger partial charge in [-0.05, 0) is 36.4 Å². The minimum atomic E-state index is -3.81. The molecule has 12 heteroatoms. The first-order valence-corrected chi connectivity index (χ1v) is 11.2. The van der Waals surface area contributed by atoms with E-state index in [1.807, 2.05) is 0 Å². The summed E-state index contributed by atoms with van der Waals surface area (Å²) in [5, 5.41) is 7.28. The second-order valence-corrected chi connectivity index (χ2v) is 8.97. The predicted molar refractivity (Wildman–Crippen MR) is 117 cm³/mol. The standard InChI is InChI=1S/C19H15N5O5S2/c25-16(11-24-18(27)15-4-2-1-3-14(15)17(26)22-24)21-12-5-7-13(8-6-12)31(28,29)23-19-20-9-10-30-19/h1-10H,11H2,(H,20,23)(H,21,25)(H,22,26). The van der Waals surface area contributed by atoms with Crippen LogP contribution in [0.3, 0.4) is 0 Å². The van der Waals surface area contributed by atoms with Crippen LogP contribution in [0.25, 0.3) is 10.8 Å². The molecule has 4 rings (SSSR count). The highest BCUT2D eigenvalue weighted by atomic mass is 32.2. The minimum Gasteiger partial charge on any atom is -0.324 e. The molecule has 158 valence electrons. The number of thiazole rings is 1. The number of fused-ring (bicyclic) bond motifs is 1. The summed E-state index contributed by atoms with van der Waals surface area (Å²) in [5.41, 5.74) is -0.653. The van der Waals surface area contributed by atoms with Crippen LogP contribution in [0.2, 0.25) is 0 Å². The lowest BCUT2D eigenvalue weighted by Crippen LogP contribution is -2.34. The molecule has 0 aliphatic heterocycles. The highest BCUT2D eigenvalue weighted by Gasteiger charge is 2.16. The monoisotopic (exact) mass is 457 g/mol. The van der Waals surface area contributed by atoms with Gasteiger partial charge >= 0.3 is 0 Å². The van der Waals surface area contributed by atoms with Gasteiger partial charge < -0.3 is 5.32 Å². The van der Waals surface area contributed by atoms with Crippen LogP contribution in [0.5, 0.6) is 0 Å². The second kappa shape index (κ2) is 8.16. The summed E-state index contributed by atoms with van der Waals surface area (Å²) in [6.45, 7) is -0.412. The highest BCUT2D eigenvalue weighted by molar-refractivity contribution is 7.93. The number of carbonyl (C=O) groups excluding carboxylic acids is 1. The molecule has 0 aliphatic rings. The van der Waals surface area contributed by atoms with Crippen molar-refractivity contribution < 1.29 is 13.2 Å². The third kappa shape index (κ3) is 4.39. The third-order valence-corrected chi connectivity index (χ3v) is 6.46. The van der Waals surface area contributed by atoms with Crippen LogP contribution in [0.1, 0.15) is 0 Å². The zero-order chi connectivity index (χ0) is 22.0. The summed E-state index contributed by atoms with van der Waals surface area (Å²) in [6.07, 6.45) is 1.48. The van der Waals surface area contributed by atoms with Gasteiger partial charge in [-0.1, -0.05) is 12.1 Å². The molecule has 0 fully saturated rings. The van der Waals surface area contributed by atoms with E-state index in [9.17, 15) is 22.8 Å². The Morgan fingerprint density at radius 3 is 2.45 bits per heavy atom. The Labute approximate surface area is 179 Å². The van der Waals surface area contributed by atoms with Crippen LogP contribution < -0.4 is 21.2 Å². The molecule has 0 aliphatic carbocycles. The number of anilines is 2. The minimum absolute atomic E-state index is 0.00391. The molecule has 31 heavy (non-hydrogen) atoms. The Kier molecular flexibility index (Phi) is 5.40. The van der Waals surface area contributed by atoms with Gasteiger partial charge in [0.1, 0.15) is 6.54 Å². The van der Waals surface area contributed by atoms with Gasteiger partial charge in [-0.15, -0.1) is 11.3 Å². The van der Waals surface area contributed by atoms with E-state index >= 15 is 0 Å². The number of rotatable bonds is 6. The number of hydrogen-bond donors (Lipinski definition) is 3. The van der Waals surface area contributed by atoms with E-state index in [1.165, 1.54) is 42.6 Å². The zero-order valence-electron chi connectivity index (χ0n) is 15.7. The molecule has 2 aromatic carbocycles. The lowest BCUT2D eigenvalue weighted by molar-refractivity contribution is -0.117. The fourth-order valence-electron chi connectivity index (χ4n) is 2.87. The molecule has 4 aromatic rings. The fraction of sp³-hybridized carbons (Fsp3) is 0.0526. The summed E-state index contributed by atoms with van der Waals surface area (Å²) >= 11 is 1.15. The van der Waals surface area contributed by atoms with Gasteiger partial charge in [0.25, 0.3) is 21.1 Å². The number of carbonyl (C=O) groups is 1. The molecule has 2 heterocycles. The molecule has 0 saturated carbocycles. The molecule has 0 radical (unpaired) electrons. The summed E-state index contributed by atoms with van der Waals surface area (Å²) in [6, 6.07) is 11.8. The van der Waals surface area contributed by atoms with E-state index in [4.69, 9.17) is 0 Å². The lowest BCUT2D eigenvalue weighted by Gasteiger charge is -2.09. The first-order valence-electron chi connectivity index (χ1n) is 8.87. The van der Waals surface area contributed by atoms with E-state index < -0.39 is 33.6 Å². The number of amides is 1. The van der Waals surface area contributed by atoms with Crippen molar-refractivity contribution in [3.05, 3.63) is 80.8 Å². The maximum atomic E-state index is 12.5. The van der Waals surface area contributed by atoms with Gasteiger partial charge in [0.2, 0.25) is 5.91 Å². The third-order valence-electron chi connectivity index (χ3n) is 4.29. The van der Waals surface area contributed by atoms with E-state index in [1.54, 1.807) is 17.5 Å². The van der Waals surface area contributed by atoms with Crippen molar-refractivity contribution in [2.24, 2.45) is 0 Å². The largest absolute Gasteiger partial charge is 0.324 e. The maximum Gasteiger partial charge on any atom is 0.273 e. The molecule has 0 atom stereocenters. The van der Waals surface area contributed by atoms with Crippen LogP contribution in [0, 0.1) is 0 Å². The van der Waals surface area contributed by atoms with Gasteiger partial charge in [0.05, 0.1) is 15.7 Å². The van der Waals surface area contributed by atoms with Gasteiger partial charge in [-0.25, -0.2) is 18.1 Å². The quantitative estimate of drug-likeness (QED) is 0.401. The van der Waals surface area contributed by atoms with E-state index in [-0.39, 0.29) is 20.8 Å². The van der Waals surface area contributed by atoms with E-state index in [2.05, 4.69) is 20.1 Å². The van der Waals surface area contributed by atoms with Crippen LogP contribution >= 0.6 is 11.3 Å². The van der Waals surface area contributed by atoms with Crippen LogP contribution in [0.15, 0.2) is 74.6 Å². The lowest BCUT2D eigenvalue weighted by atomic mass is 10.2. The number of H-pyrrole nitrogens is 1. The van der Waals surface area contributed by atoms with Gasteiger partial charge in [0.15, 0.2) is 5.13 Å². The molecule has 0 spiro atoms. The van der Waals surface area contributed by atoms with Crippen molar-refractivity contribution in [3.8, 4) is 0 Å². The van der Waals surface area contributed by atoms with Crippen molar-refractivity contribution in [2.45, 2.75) is 11.4 Å². The van der Waals surface area contributed by atoms with Gasteiger partial charge in [0, 0.05) is 17.3 Å². The van der Waals surface area contributed by atoms with E-state index in [0.29, 0.717) is 5.69 Å². The van der Waals surface area contributed by atoms with Crippen molar-refractivity contribution in [2.75, 3.05) is 10.0 Å². The Balaban J connectivity index is 1.48. The first-order chi connectivity index (χ1) is 14.8. The van der Waals surface area contributed by atoms with Crippen molar-refractivity contribution in [1.29, 1.82) is 0 Å². The summed E-state index contributed by atoms with van der Waals surface area (Å²) in [4.78, 5) is 40.8. The van der Waals surface area contributed by atoms with Crippen LogP contribution in [0.4, 0.5) is 10.8 Å². The predicted octanol–water partition coefficient (Wildman–Crippen LogP) is 1.59.